The van der Waals surface area contributed by atoms with Crippen molar-refractivity contribution in [3.8, 4) is 0 Å². The lowest BCUT2D eigenvalue weighted by Gasteiger charge is -2.34. The predicted molar refractivity (Wildman–Crippen MR) is 145 cm³/mol. The molecule has 38 heavy (non-hydrogen) atoms. The second-order valence-corrected chi connectivity index (χ2v) is 10.7. The predicted octanol–water partition coefficient (Wildman–Crippen LogP) is 4.49. The number of pyridine rings is 2. The van der Waals surface area contributed by atoms with Crippen molar-refractivity contribution in [2.24, 2.45) is 0 Å². The van der Waals surface area contributed by atoms with Crippen LogP contribution in [0, 0.1) is 6.92 Å². The molecule has 3 aromatic heterocycles. The molecule has 1 aliphatic heterocycles. The maximum absolute atomic E-state index is 13.8. The maximum Gasteiger partial charge on any atom is 0.253 e. The van der Waals surface area contributed by atoms with Crippen LogP contribution in [0.15, 0.2) is 53.6 Å². The average molecular weight is 514 g/mol. The Labute approximate surface area is 222 Å². The van der Waals surface area contributed by atoms with Gasteiger partial charge in [-0.1, -0.05) is 37.5 Å². The summed E-state index contributed by atoms with van der Waals surface area (Å²) in [4.78, 5) is 23.6. The summed E-state index contributed by atoms with van der Waals surface area (Å²) in [6.07, 6.45) is 11.5. The quantitative estimate of drug-likeness (QED) is 0.370. The first-order chi connectivity index (χ1) is 18.7. The minimum atomic E-state index is -0.439. The van der Waals surface area contributed by atoms with Gasteiger partial charge in [0.1, 0.15) is 6.04 Å². The van der Waals surface area contributed by atoms with Crippen molar-refractivity contribution in [2.45, 2.75) is 76.6 Å². The van der Waals surface area contributed by atoms with Gasteiger partial charge in [0.15, 0.2) is 5.82 Å². The highest BCUT2D eigenvalue weighted by Crippen LogP contribution is 2.34. The van der Waals surface area contributed by atoms with E-state index in [0.717, 1.165) is 60.1 Å². The molecule has 4 aromatic rings. The number of aromatic nitrogens is 6. The summed E-state index contributed by atoms with van der Waals surface area (Å²) in [5.41, 5.74) is 3.54. The van der Waals surface area contributed by atoms with Gasteiger partial charge in [0.25, 0.3) is 5.56 Å². The van der Waals surface area contributed by atoms with Crippen LogP contribution in [-0.4, -0.2) is 54.3 Å². The highest BCUT2D eigenvalue weighted by Gasteiger charge is 2.34. The third-order valence-electron chi connectivity index (χ3n) is 7.94. The molecule has 1 N–H and O–H groups in total. The Bertz CT molecular complexity index is 1420. The molecule has 0 spiro atoms. The van der Waals surface area contributed by atoms with Gasteiger partial charge in [0, 0.05) is 43.2 Å². The summed E-state index contributed by atoms with van der Waals surface area (Å²) in [5, 5.41) is 14.2. The first-order valence-electron chi connectivity index (χ1n) is 13.8. The first kappa shape index (κ1) is 24.9. The Hall–Kier alpha value is -3.43. The molecule has 0 bridgehead atoms. The fourth-order valence-electron chi connectivity index (χ4n) is 6.04. The van der Waals surface area contributed by atoms with Crippen LogP contribution in [0.2, 0.25) is 0 Å². The van der Waals surface area contributed by atoms with Crippen LogP contribution in [0.3, 0.4) is 0 Å². The summed E-state index contributed by atoms with van der Waals surface area (Å²) in [6.45, 7) is 4.07. The van der Waals surface area contributed by atoms with Crippen molar-refractivity contribution < 1.29 is 4.74 Å². The van der Waals surface area contributed by atoms with Gasteiger partial charge in [0.2, 0.25) is 0 Å². The zero-order valence-corrected chi connectivity index (χ0v) is 21.9. The first-order valence-corrected chi connectivity index (χ1v) is 13.8. The number of tetrazole rings is 1. The van der Waals surface area contributed by atoms with E-state index in [2.05, 4.69) is 48.6 Å². The highest BCUT2D eigenvalue weighted by molar-refractivity contribution is 5.79. The molecular formula is C29H35N7O2. The van der Waals surface area contributed by atoms with E-state index >= 15 is 0 Å². The molecule has 0 unspecified atom stereocenters. The third-order valence-corrected chi connectivity index (χ3v) is 7.94. The van der Waals surface area contributed by atoms with Crippen molar-refractivity contribution in [1.29, 1.82) is 0 Å². The number of nitrogens with zero attached hydrogens (tertiary/aromatic N) is 6. The fraction of sp³-hybridized carbons (Fsp3) is 0.483. The number of nitrogens with one attached hydrogen (secondary N) is 1. The minimum Gasteiger partial charge on any atom is -0.377 e. The third kappa shape index (κ3) is 5.26. The number of benzene rings is 1. The Morgan fingerprint density at radius 1 is 1.13 bits per heavy atom. The molecule has 9 nitrogen and oxygen atoms in total. The number of hydrogen-bond acceptors (Lipinski definition) is 7. The number of hydrogen-bond donors (Lipinski definition) is 1. The fourth-order valence-corrected chi connectivity index (χ4v) is 6.04. The number of fused-ring (bicyclic) bond motifs is 1. The van der Waals surface area contributed by atoms with Crippen molar-refractivity contribution in [3.05, 3.63) is 81.7 Å². The van der Waals surface area contributed by atoms with Gasteiger partial charge in [-0.05, 0) is 77.7 Å². The van der Waals surface area contributed by atoms with E-state index in [4.69, 9.17) is 4.74 Å². The van der Waals surface area contributed by atoms with Gasteiger partial charge >= 0.3 is 0 Å². The van der Waals surface area contributed by atoms with E-state index in [1.165, 1.54) is 19.3 Å². The topological polar surface area (TPSA) is 102 Å². The molecule has 198 valence electrons. The molecule has 1 aromatic carbocycles. The molecule has 2 atom stereocenters. The number of ether oxygens (including phenoxy) is 1. The lowest BCUT2D eigenvalue weighted by atomic mass is 9.95. The van der Waals surface area contributed by atoms with Crippen molar-refractivity contribution >= 4 is 10.9 Å². The molecule has 1 aliphatic carbocycles. The lowest BCUT2D eigenvalue weighted by molar-refractivity contribution is 0.0567. The van der Waals surface area contributed by atoms with Crippen LogP contribution in [0.4, 0.5) is 0 Å². The summed E-state index contributed by atoms with van der Waals surface area (Å²) < 4.78 is 8.08. The van der Waals surface area contributed by atoms with Gasteiger partial charge in [-0.2, -0.15) is 0 Å². The smallest absolute Gasteiger partial charge is 0.253 e. The largest absolute Gasteiger partial charge is 0.377 e. The summed E-state index contributed by atoms with van der Waals surface area (Å²) in [5.74, 6) is 0.718. The van der Waals surface area contributed by atoms with Crippen molar-refractivity contribution in [1.82, 2.24) is 35.1 Å². The molecule has 2 fully saturated rings. The molecule has 0 radical (unpaired) electrons. The second-order valence-electron chi connectivity index (χ2n) is 10.7. The van der Waals surface area contributed by atoms with E-state index in [1.807, 2.05) is 36.0 Å². The van der Waals surface area contributed by atoms with Crippen LogP contribution in [0.25, 0.3) is 10.9 Å². The Kier molecular flexibility index (Phi) is 7.29. The van der Waals surface area contributed by atoms with Crippen molar-refractivity contribution in [2.75, 3.05) is 13.2 Å². The van der Waals surface area contributed by atoms with E-state index in [9.17, 15) is 4.79 Å². The zero-order valence-electron chi connectivity index (χ0n) is 21.9. The summed E-state index contributed by atoms with van der Waals surface area (Å²) >= 11 is 0. The molecule has 2 aliphatic rings. The zero-order chi connectivity index (χ0) is 25.9. The summed E-state index contributed by atoms with van der Waals surface area (Å²) in [7, 11) is 0. The molecular weight excluding hydrogens is 478 g/mol. The van der Waals surface area contributed by atoms with Crippen LogP contribution in [-0.2, 0) is 11.3 Å². The number of rotatable bonds is 8. The van der Waals surface area contributed by atoms with E-state index in [1.54, 1.807) is 6.20 Å². The normalized spacial score (nSPS) is 19.4. The number of H-pyrrole nitrogens is 1. The maximum atomic E-state index is 13.8. The van der Waals surface area contributed by atoms with Crippen molar-refractivity contribution in [3.63, 3.8) is 0 Å². The average Bonchev–Trinajstić information content (AvgIpc) is 3.63. The molecule has 6 rings (SSSR count). The Morgan fingerprint density at radius 2 is 2.03 bits per heavy atom. The number of aryl methyl sites for hydroxylation is 1. The molecule has 0 amide bonds. The van der Waals surface area contributed by atoms with Gasteiger partial charge in [-0.15, -0.1) is 5.10 Å². The second kappa shape index (κ2) is 11.1. The molecule has 9 heteroatoms. The number of aromatic amines is 1. The van der Waals surface area contributed by atoms with E-state index in [-0.39, 0.29) is 17.7 Å². The Morgan fingerprint density at radius 3 is 2.82 bits per heavy atom. The minimum absolute atomic E-state index is 0.0929. The van der Waals surface area contributed by atoms with Crippen LogP contribution >= 0.6 is 0 Å². The lowest BCUT2D eigenvalue weighted by Crippen LogP contribution is -2.39. The van der Waals surface area contributed by atoms with E-state index < -0.39 is 6.04 Å². The van der Waals surface area contributed by atoms with Crippen LogP contribution in [0.5, 0.6) is 0 Å². The Balaban J connectivity index is 1.50. The monoisotopic (exact) mass is 513 g/mol. The van der Waals surface area contributed by atoms with Crippen LogP contribution < -0.4 is 5.56 Å². The van der Waals surface area contributed by atoms with Gasteiger partial charge in [-0.25, -0.2) is 4.68 Å². The van der Waals surface area contributed by atoms with Gasteiger partial charge in [-0.3, -0.25) is 14.7 Å². The SMILES string of the molecule is Cc1ccc2cc([C@@H](c3nnnn3C3CCCCC3)N(Cc3cccnc3)C[C@H]3CCCO3)c(=O)[nH]c2c1. The van der Waals surface area contributed by atoms with E-state index in [0.29, 0.717) is 18.7 Å². The van der Waals surface area contributed by atoms with Gasteiger partial charge < -0.3 is 9.72 Å². The van der Waals surface area contributed by atoms with Gasteiger partial charge in [0.05, 0.1) is 12.1 Å². The molecule has 4 heterocycles. The van der Waals surface area contributed by atoms with Crippen LogP contribution in [0.1, 0.15) is 79.5 Å². The molecule has 1 saturated carbocycles. The highest BCUT2D eigenvalue weighted by atomic mass is 16.5. The standard InChI is InChI=1S/C29H35N7O2/c1-20-11-12-22-16-25(29(37)31-26(22)15-20)27(28-32-33-34-36(28)23-8-3-2-4-9-23)35(19-24-10-6-14-38-24)18-21-7-5-13-30-17-21/h5,7,11-13,15-17,23-24,27H,2-4,6,8-10,14,18-19H2,1H3,(H,31,37)/t24-,27+/m1/s1. The summed E-state index contributed by atoms with van der Waals surface area (Å²) in [6, 6.07) is 12.0. The molecule has 1 saturated heterocycles.